The molecule has 1 rings (SSSR count). The maximum Gasteiger partial charge on any atom is 0.338 e. The van der Waals surface area contributed by atoms with Crippen molar-refractivity contribution in [3.8, 4) is 11.5 Å². The normalized spacial score (nSPS) is 10.0. The summed E-state index contributed by atoms with van der Waals surface area (Å²) in [4.78, 5) is 23.3. The summed E-state index contributed by atoms with van der Waals surface area (Å²) in [6.07, 6.45) is 1.72. The van der Waals surface area contributed by atoms with Gasteiger partial charge in [0.2, 0.25) is 0 Å². The van der Waals surface area contributed by atoms with E-state index < -0.39 is 5.97 Å². The molecule has 21 heavy (non-hydrogen) atoms. The summed E-state index contributed by atoms with van der Waals surface area (Å²) < 4.78 is 15.3. The fourth-order valence-electron chi connectivity index (χ4n) is 1.63. The molecular formula is C15H19ClO5. The maximum absolute atomic E-state index is 11.7. The van der Waals surface area contributed by atoms with Crippen LogP contribution in [0.1, 0.15) is 36.5 Å². The van der Waals surface area contributed by atoms with Gasteiger partial charge in [-0.15, -0.1) is 11.6 Å². The first-order chi connectivity index (χ1) is 10.1. The Morgan fingerprint density at radius 3 is 2.57 bits per heavy atom. The lowest BCUT2D eigenvalue weighted by Crippen LogP contribution is -2.10. The molecule has 116 valence electrons. The minimum absolute atomic E-state index is 0.279. The van der Waals surface area contributed by atoms with Gasteiger partial charge in [-0.3, -0.25) is 4.79 Å². The van der Waals surface area contributed by atoms with Gasteiger partial charge in [0.1, 0.15) is 0 Å². The molecule has 0 aliphatic carbocycles. The van der Waals surface area contributed by atoms with Crippen molar-refractivity contribution in [2.75, 3.05) is 19.6 Å². The third kappa shape index (κ3) is 5.63. The molecule has 0 atom stereocenters. The molecule has 0 aromatic heterocycles. The van der Waals surface area contributed by atoms with Crippen LogP contribution in [0, 0.1) is 0 Å². The molecule has 0 spiro atoms. The molecule has 0 amide bonds. The Morgan fingerprint density at radius 1 is 1.19 bits per heavy atom. The van der Waals surface area contributed by atoms with Crippen LogP contribution in [0.15, 0.2) is 18.2 Å². The molecule has 1 aromatic rings. The average Bonchev–Trinajstić information content (AvgIpc) is 2.48. The first kappa shape index (κ1) is 17.3. The molecule has 0 aliphatic heterocycles. The van der Waals surface area contributed by atoms with Gasteiger partial charge in [-0.2, -0.15) is 0 Å². The minimum Gasteiger partial charge on any atom is -0.493 e. The zero-order valence-electron chi connectivity index (χ0n) is 12.2. The smallest absolute Gasteiger partial charge is 0.338 e. The SMILES string of the molecule is CCOC(=O)c1ccc(OC(=O)CCCCCl)c(OC)c1. The number of halogens is 1. The van der Waals surface area contributed by atoms with Crippen molar-refractivity contribution in [1.82, 2.24) is 0 Å². The predicted molar refractivity (Wildman–Crippen MR) is 79.2 cm³/mol. The number of rotatable bonds is 8. The van der Waals surface area contributed by atoms with Crippen LogP contribution in [0.2, 0.25) is 0 Å². The molecular weight excluding hydrogens is 296 g/mol. The van der Waals surface area contributed by atoms with E-state index in [9.17, 15) is 9.59 Å². The van der Waals surface area contributed by atoms with Crippen molar-refractivity contribution in [3.05, 3.63) is 23.8 Å². The van der Waals surface area contributed by atoms with E-state index in [2.05, 4.69) is 0 Å². The van der Waals surface area contributed by atoms with Crippen LogP contribution < -0.4 is 9.47 Å². The van der Waals surface area contributed by atoms with E-state index in [0.29, 0.717) is 30.2 Å². The van der Waals surface area contributed by atoms with Gasteiger partial charge < -0.3 is 14.2 Å². The van der Waals surface area contributed by atoms with E-state index in [4.69, 9.17) is 25.8 Å². The lowest BCUT2D eigenvalue weighted by Gasteiger charge is -2.10. The minimum atomic E-state index is -0.448. The van der Waals surface area contributed by atoms with E-state index >= 15 is 0 Å². The van der Waals surface area contributed by atoms with E-state index in [0.717, 1.165) is 6.42 Å². The fourth-order valence-corrected chi connectivity index (χ4v) is 1.82. The van der Waals surface area contributed by atoms with Gasteiger partial charge in [-0.05, 0) is 38.0 Å². The highest BCUT2D eigenvalue weighted by molar-refractivity contribution is 6.17. The summed E-state index contributed by atoms with van der Waals surface area (Å²) in [6.45, 7) is 2.02. The number of hydrogen-bond acceptors (Lipinski definition) is 5. The van der Waals surface area contributed by atoms with Crippen molar-refractivity contribution < 1.29 is 23.8 Å². The molecule has 6 heteroatoms. The summed E-state index contributed by atoms with van der Waals surface area (Å²) in [6, 6.07) is 4.53. The monoisotopic (exact) mass is 314 g/mol. The van der Waals surface area contributed by atoms with Crippen LogP contribution in [-0.4, -0.2) is 31.5 Å². The number of alkyl halides is 1. The number of carbonyl (C=O) groups is 2. The van der Waals surface area contributed by atoms with Crippen LogP contribution in [0.4, 0.5) is 0 Å². The van der Waals surface area contributed by atoms with Crippen molar-refractivity contribution in [2.45, 2.75) is 26.2 Å². The third-order valence-electron chi connectivity index (χ3n) is 2.66. The lowest BCUT2D eigenvalue weighted by atomic mass is 10.2. The van der Waals surface area contributed by atoms with Crippen molar-refractivity contribution >= 4 is 23.5 Å². The number of unbranched alkanes of at least 4 members (excludes halogenated alkanes) is 1. The molecule has 0 saturated carbocycles. The van der Waals surface area contributed by atoms with Crippen molar-refractivity contribution in [1.29, 1.82) is 0 Å². The first-order valence-electron chi connectivity index (χ1n) is 6.74. The molecule has 0 radical (unpaired) electrons. The second-order valence-electron chi connectivity index (χ2n) is 4.21. The quantitative estimate of drug-likeness (QED) is 0.319. The first-order valence-corrected chi connectivity index (χ1v) is 7.27. The summed E-state index contributed by atoms with van der Waals surface area (Å²) in [5.41, 5.74) is 0.343. The molecule has 5 nitrogen and oxygen atoms in total. The van der Waals surface area contributed by atoms with Gasteiger partial charge in [0.15, 0.2) is 11.5 Å². The molecule has 0 unspecified atom stereocenters. The second-order valence-corrected chi connectivity index (χ2v) is 4.58. The Labute approximate surface area is 129 Å². The van der Waals surface area contributed by atoms with E-state index in [1.165, 1.54) is 25.3 Å². The second kappa shape index (κ2) is 9.23. The largest absolute Gasteiger partial charge is 0.493 e. The van der Waals surface area contributed by atoms with Gasteiger partial charge >= 0.3 is 11.9 Å². The Kier molecular flexibility index (Phi) is 7.61. The van der Waals surface area contributed by atoms with Gasteiger partial charge in [0.05, 0.1) is 19.3 Å². The van der Waals surface area contributed by atoms with Gasteiger partial charge in [-0.1, -0.05) is 0 Å². The predicted octanol–water partition coefficient (Wildman–Crippen LogP) is 3.19. The maximum atomic E-state index is 11.7. The van der Waals surface area contributed by atoms with Gasteiger partial charge in [0.25, 0.3) is 0 Å². The van der Waals surface area contributed by atoms with E-state index in [1.807, 2.05) is 0 Å². The highest BCUT2D eigenvalue weighted by Crippen LogP contribution is 2.28. The Balaban J connectivity index is 2.74. The van der Waals surface area contributed by atoms with E-state index in [-0.39, 0.29) is 18.1 Å². The molecule has 0 heterocycles. The van der Waals surface area contributed by atoms with Crippen molar-refractivity contribution in [3.63, 3.8) is 0 Å². The number of esters is 2. The Hall–Kier alpha value is -1.75. The summed E-state index contributed by atoms with van der Waals surface area (Å²) in [7, 11) is 1.44. The number of methoxy groups -OCH3 is 1. The van der Waals surface area contributed by atoms with Crippen LogP contribution in [0.25, 0.3) is 0 Å². The number of hydrogen-bond donors (Lipinski definition) is 0. The van der Waals surface area contributed by atoms with Crippen LogP contribution in [0.5, 0.6) is 11.5 Å². The molecule has 1 aromatic carbocycles. The number of carbonyl (C=O) groups excluding carboxylic acids is 2. The number of benzene rings is 1. The van der Waals surface area contributed by atoms with Crippen molar-refractivity contribution in [2.24, 2.45) is 0 Å². The molecule has 0 fully saturated rings. The standard InChI is InChI=1S/C15H19ClO5/c1-3-20-15(18)11-7-8-12(13(10-11)19-2)21-14(17)6-4-5-9-16/h7-8,10H,3-6,9H2,1-2H3. The Morgan fingerprint density at radius 2 is 1.95 bits per heavy atom. The van der Waals surface area contributed by atoms with Crippen LogP contribution in [0.3, 0.4) is 0 Å². The molecule has 0 N–H and O–H groups in total. The summed E-state index contributed by atoms with van der Waals surface area (Å²) in [5.74, 6) is 0.302. The zero-order chi connectivity index (χ0) is 15.7. The van der Waals surface area contributed by atoms with Gasteiger partial charge in [-0.25, -0.2) is 4.79 Å². The topological polar surface area (TPSA) is 61.8 Å². The highest BCUT2D eigenvalue weighted by atomic mass is 35.5. The lowest BCUT2D eigenvalue weighted by molar-refractivity contribution is -0.134. The molecule has 0 saturated heterocycles. The molecule has 0 aliphatic rings. The fraction of sp³-hybridized carbons (Fsp3) is 0.467. The zero-order valence-corrected chi connectivity index (χ0v) is 12.9. The number of ether oxygens (including phenoxy) is 3. The summed E-state index contributed by atoms with van der Waals surface area (Å²) >= 11 is 5.55. The Bertz CT molecular complexity index is 487. The van der Waals surface area contributed by atoms with Crippen LogP contribution in [-0.2, 0) is 9.53 Å². The molecule has 0 bridgehead atoms. The van der Waals surface area contributed by atoms with E-state index in [1.54, 1.807) is 6.92 Å². The van der Waals surface area contributed by atoms with Crippen LogP contribution >= 0.6 is 11.6 Å². The van der Waals surface area contributed by atoms with Gasteiger partial charge in [0, 0.05) is 12.3 Å². The highest BCUT2D eigenvalue weighted by Gasteiger charge is 2.14. The third-order valence-corrected chi connectivity index (χ3v) is 2.93. The summed E-state index contributed by atoms with van der Waals surface area (Å²) in [5, 5.41) is 0. The average molecular weight is 315 g/mol.